The Labute approximate surface area is 69.0 Å². The molecule has 0 bridgehead atoms. The Morgan fingerprint density at radius 1 is 1.42 bits per heavy atom. The van der Waals surface area contributed by atoms with Gasteiger partial charge in [-0.05, 0) is 0 Å². The zero-order chi connectivity index (χ0) is 8.39. The van der Waals surface area contributed by atoms with Crippen LogP contribution in [-0.2, 0) is 4.74 Å². The van der Waals surface area contributed by atoms with Gasteiger partial charge >= 0.3 is 6.01 Å². The topological polar surface area (TPSA) is 64.5 Å². The zero-order valence-electron chi connectivity index (χ0n) is 6.30. The standard InChI is InChI=1S/C7H8N2O3/c10-5-1-8-7(9-2-5)12-6-3-11-4-6/h1-2,6,10H,3-4H2. The van der Waals surface area contributed by atoms with Crippen LogP contribution in [0, 0.1) is 0 Å². The summed E-state index contributed by atoms with van der Waals surface area (Å²) in [5.74, 6) is 0.0345. The molecule has 0 atom stereocenters. The van der Waals surface area contributed by atoms with Gasteiger partial charge in [0.1, 0.15) is 6.10 Å². The van der Waals surface area contributed by atoms with Crippen LogP contribution < -0.4 is 4.74 Å². The first kappa shape index (κ1) is 7.30. The Bertz CT molecular complexity index is 258. The van der Waals surface area contributed by atoms with Gasteiger partial charge in [-0.3, -0.25) is 0 Å². The highest BCUT2D eigenvalue weighted by molar-refractivity contribution is 5.11. The van der Waals surface area contributed by atoms with Crippen LogP contribution in [-0.4, -0.2) is 34.4 Å². The van der Waals surface area contributed by atoms with Crippen LogP contribution in [0.3, 0.4) is 0 Å². The van der Waals surface area contributed by atoms with Gasteiger partial charge in [-0.25, -0.2) is 0 Å². The second-order valence-electron chi connectivity index (χ2n) is 2.50. The molecule has 0 saturated carbocycles. The Morgan fingerprint density at radius 2 is 2.08 bits per heavy atom. The van der Waals surface area contributed by atoms with Crippen molar-refractivity contribution >= 4 is 0 Å². The van der Waals surface area contributed by atoms with Crippen molar-refractivity contribution in [1.82, 2.24) is 9.97 Å². The van der Waals surface area contributed by atoms with Crippen molar-refractivity contribution in [2.45, 2.75) is 6.10 Å². The monoisotopic (exact) mass is 168 g/mol. The molecule has 0 radical (unpaired) electrons. The number of aromatic nitrogens is 2. The summed E-state index contributed by atoms with van der Waals surface area (Å²) in [4.78, 5) is 7.52. The molecule has 1 aliphatic heterocycles. The van der Waals surface area contributed by atoms with Gasteiger partial charge in [0.15, 0.2) is 5.75 Å². The maximum Gasteiger partial charge on any atom is 0.316 e. The van der Waals surface area contributed by atoms with E-state index < -0.39 is 0 Å². The lowest BCUT2D eigenvalue weighted by atomic mass is 10.3. The van der Waals surface area contributed by atoms with E-state index in [4.69, 9.17) is 14.6 Å². The maximum atomic E-state index is 8.86. The van der Waals surface area contributed by atoms with Crippen LogP contribution >= 0.6 is 0 Å². The molecule has 5 heteroatoms. The quantitative estimate of drug-likeness (QED) is 0.671. The molecule has 1 aromatic rings. The largest absolute Gasteiger partial charge is 0.505 e. The van der Waals surface area contributed by atoms with Crippen LogP contribution in [0.1, 0.15) is 0 Å². The van der Waals surface area contributed by atoms with Crippen LogP contribution in [0.15, 0.2) is 12.4 Å². The SMILES string of the molecule is Oc1cnc(OC2COC2)nc1. The molecule has 0 amide bonds. The second kappa shape index (κ2) is 2.94. The van der Waals surface area contributed by atoms with Crippen molar-refractivity contribution < 1.29 is 14.6 Å². The number of hydrogen-bond acceptors (Lipinski definition) is 5. The van der Waals surface area contributed by atoms with Gasteiger partial charge in [0.25, 0.3) is 0 Å². The third kappa shape index (κ3) is 1.45. The molecule has 0 spiro atoms. The minimum atomic E-state index is 0.0345. The van der Waals surface area contributed by atoms with Gasteiger partial charge in [-0.2, -0.15) is 9.97 Å². The molecule has 64 valence electrons. The first-order valence-corrected chi connectivity index (χ1v) is 3.60. The minimum Gasteiger partial charge on any atom is -0.505 e. The van der Waals surface area contributed by atoms with Crippen molar-refractivity contribution in [2.24, 2.45) is 0 Å². The summed E-state index contributed by atoms with van der Waals surface area (Å²) < 4.78 is 10.1. The maximum absolute atomic E-state index is 8.86. The third-order valence-electron chi connectivity index (χ3n) is 1.49. The lowest BCUT2D eigenvalue weighted by molar-refractivity contribution is -0.0831. The molecule has 0 aliphatic carbocycles. The third-order valence-corrected chi connectivity index (χ3v) is 1.49. The van der Waals surface area contributed by atoms with E-state index in [-0.39, 0.29) is 17.9 Å². The van der Waals surface area contributed by atoms with E-state index in [1.165, 1.54) is 12.4 Å². The molecule has 1 aromatic heterocycles. The Kier molecular flexibility index (Phi) is 1.79. The van der Waals surface area contributed by atoms with E-state index >= 15 is 0 Å². The number of ether oxygens (including phenoxy) is 2. The van der Waals surface area contributed by atoms with Crippen molar-refractivity contribution in [1.29, 1.82) is 0 Å². The summed E-state index contributed by atoms with van der Waals surface area (Å²) in [6.45, 7) is 1.18. The molecule has 1 saturated heterocycles. The molecule has 1 fully saturated rings. The van der Waals surface area contributed by atoms with Gasteiger partial charge in [-0.15, -0.1) is 0 Å². The fourth-order valence-corrected chi connectivity index (χ4v) is 0.801. The van der Waals surface area contributed by atoms with E-state index in [0.29, 0.717) is 13.2 Å². The lowest BCUT2D eigenvalue weighted by Gasteiger charge is -2.25. The highest BCUT2D eigenvalue weighted by atomic mass is 16.6. The van der Waals surface area contributed by atoms with Crippen LogP contribution in [0.25, 0.3) is 0 Å². The Morgan fingerprint density at radius 3 is 2.58 bits per heavy atom. The van der Waals surface area contributed by atoms with E-state index in [9.17, 15) is 0 Å². The summed E-state index contributed by atoms with van der Waals surface area (Å²) in [7, 11) is 0. The summed E-state index contributed by atoms with van der Waals surface area (Å²) in [6, 6.07) is 0.279. The zero-order valence-corrected chi connectivity index (χ0v) is 6.30. The molecule has 2 rings (SSSR count). The molecule has 0 unspecified atom stereocenters. The highest BCUT2D eigenvalue weighted by Gasteiger charge is 2.20. The fourth-order valence-electron chi connectivity index (χ4n) is 0.801. The second-order valence-corrected chi connectivity index (χ2v) is 2.50. The van der Waals surface area contributed by atoms with Gasteiger partial charge in [0.05, 0.1) is 25.6 Å². The highest BCUT2D eigenvalue weighted by Crippen LogP contribution is 2.12. The summed E-state index contributed by atoms with van der Waals surface area (Å²) in [5, 5.41) is 8.86. The molecular weight excluding hydrogens is 160 g/mol. The van der Waals surface area contributed by atoms with E-state index in [1.54, 1.807) is 0 Å². The fraction of sp³-hybridized carbons (Fsp3) is 0.429. The van der Waals surface area contributed by atoms with Crippen molar-refractivity contribution in [3.05, 3.63) is 12.4 Å². The summed E-state index contributed by atoms with van der Waals surface area (Å²) in [5.41, 5.74) is 0. The average molecular weight is 168 g/mol. The van der Waals surface area contributed by atoms with Crippen LogP contribution in [0.4, 0.5) is 0 Å². The van der Waals surface area contributed by atoms with Gasteiger partial charge in [0.2, 0.25) is 0 Å². The van der Waals surface area contributed by atoms with Gasteiger partial charge in [-0.1, -0.05) is 0 Å². The molecule has 0 aromatic carbocycles. The Hall–Kier alpha value is -1.36. The summed E-state index contributed by atoms with van der Waals surface area (Å²) in [6.07, 6.45) is 2.65. The first-order valence-electron chi connectivity index (χ1n) is 3.60. The van der Waals surface area contributed by atoms with Crippen molar-refractivity contribution in [2.75, 3.05) is 13.2 Å². The Balaban J connectivity index is 1.98. The average Bonchev–Trinajstić information content (AvgIpc) is 2.00. The molecule has 5 nitrogen and oxygen atoms in total. The lowest BCUT2D eigenvalue weighted by Crippen LogP contribution is -2.38. The number of nitrogens with zero attached hydrogens (tertiary/aromatic N) is 2. The number of aromatic hydroxyl groups is 1. The predicted molar refractivity (Wildman–Crippen MR) is 38.9 cm³/mol. The minimum absolute atomic E-state index is 0.0345. The molecule has 2 heterocycles. The number of rotatable bonds is 2. The molecule has 1 N–H and O–H groups in total. The number of hydrogen-bond donors (Lipinski definition) is 1. The normalized spacial score (nSPS) is 17.0. The smallest absolute Gasteiger partial charge is 0.316 e. The van der Waals surface area contributed by atoms with Crippen molar-refractivity contribution in [3.63, 3.8) is 0 Å². The molecule has 1 aliphatic rings. The summed E-state index contributed by atoms with van der Waals surface area (Å²) >= 11 is 0. The van der Waals surface area contributed by atoms with Gasteiger partial charge in [0, 0.05) is 0 Å². The van der Waals surface area contributed by atoms with Crippen LogP contribution in [0.2, 0.25) is 0 Å². The first-order chi connectivity index (χ1) is 5.84. The predicted octanol–water partition coefficient (Wildman–Crippen LogP) is -0.0402. The van der Waals surface area contributed by atoms with E-state index in [2.05, 4.69) is 9.97 Å². The van der Waals surface area contributed by atoms with Gasteiger partial charge < -0.3 is 14.6 Å². The van der Waals surface area contributed by atoms with E-state index in [0.717, 1.165) is 0 Å². The van der Waals surface area contributed by atoms with E-state index in [1.807, 2.05) is 0 Å². The van der Waals surface area contributed by atoms with Crippen LogP contribution in [0.5, 0.6) is 11.8 Å². The van der Waals surface area contributed by atoms with Crippen molar-refractivity contribution in [3.8, 4) is 11.8 Å². The molecular formula is C7H8N2O3. The molecule has 12 heavy (non-hydrogen) atoms.